The summed E-state index contributed by atoms with van der Waals surface area (Å²) >= 11 is 1.86. The molecule has 0 aromatic carbocycles. The summed E-state index contributed by atoms with van der Waals surface area (Å²) in [5, 5.41) is 5.20. The largest absolute Gasteiger partial charge is 0.357 e. The molecule has 0 aliphatic carbocycles. The fourth-order valence-electron chi connectivity index (χ4n) is 3.58. The van der Waals surface area contributed by atoms with Gasteiger partial charge in [-0.3, -0.25) is 9.69 Å². The highest BCUT2D eigenvalue weighted by molar-refractivity contribution is 7.10. The van der Waals surface area contributed by atoms with Crippen LogP contribution in [0.2, 0.25) is 0 Å². The molecule has 6 heteroatoms. The van der Waals surface area contributed by atoms with Gasteiger partial charge in [-0.05, 0) is 48.4 Å². The lowest BCUT2D eigenvalue weighted by Gasteiger charge is -2.26. The number of hydrogen-bond donors (Lipinski definition) is 1. The number of hydrogen-bond acceptors (Lipinski definition) is 5. The number of aromatic nitrogens is 1. The van der Waals surface area contributed by atoms with Gasteiger partial charge in [0.15, 0.2) is 0 Å². The van der Waals surface area contributed by atoms with Gasteiger partial charge < -0.3 is 10.2 Å². The molecule has 0 bridgehead atoms. The summed E-state index contributed by atoms with van der Waals surface area (Å²) in [4.78, 5) is 22.9. The maximum atomic E-state index is 12.3. The number of anilines is 1. The van der Waals surface area contributed by atoms with Crippen LogP contribution >= 0.6 is 11.3 Å². The average molecular weight is 356 g/mol. The molecule has 0 unspecified atom stereocenters. The zero-order valence-electron chi connectivity index (χ0n) is 14.4. The van der Waals surface area contributed by atoms with Crippen molar-refractivity contribution in [2.45, 2.75) is 25.8 Å². The standard InChI is InChI=1S/C19H24N4OS/c24-19(15-3-4-18(21-13-15)23-8-1-2-9-23)20-7-11-22-10-5-17-16(14-22)6-12-25-17/h3-4,6,12-13H,1-2,5,7-11,14H2,(H,20,24). The van der Waals surface area contributed by atoms with E-state index in [9.17, 15) is 4.79 Å². The van der Waals surface area contributed by atoms with Crippen molar-refractivity contribution in [2.75, 3.05) is 37.6 Å². The van der Waals surface area contributed by atoms with Gasteiger partial charge in [-0.15, -0.1) is 11.3 Å². The first-order valence-corrected chi connectivity index (χ1v) is 9.94. The third-order valence-electron chi connectivity index (χ3n) is 5.04. The minimum absolute atomic E-state index is 0.0336. The summed E-state index contributed by atoms with van der Waals surface area (Å²) in [5.41, 5.74) is 2.09. The van der Waals surface area contributed by atoms with Gasteiger partial charge in [0, 0.05) is 50.3 Å². The van der Waals surface area contributed by atoms with Crippen molar-refractivity contribution in [1.29, 1.82) is 0 Å². The quantitative estimate of drug-likeness (QED) is 0.894. The Hall–Kier alpha value is -1.92. The van der Waals surface area contributed by atoms with E-state index in [2.05, 4.69) is 31.5 Å². The number of pyridine rings is 1. The van der Waals surface area contributed by atoms with E-state index in [1.807, 2.05) is 23.5 Å². The average Bonchev–Trinajstić information content (AvgIpc) is 3.33. The Morgan fingerprint density at radius 3 is 2.88 bits per heavy atom. The van der Waals surface area contributed by atoms with E-state index in [0.29, 0.717) is 12.1 Å². The molecule has 25 heavy (non-hydrogen) atoms. The van der Waals surface area contributed by atoms with Crippen LogP contribution in [0.3, 0.4) is 0 Å². The summed E-state index contributed by atoms with van der Waals surface area (Å²) in [6.07, 6.45) is 5.28. The molecule has 0 atom stereocenters. The lowest BCUT2D eigenvalue weighted by atomic mass is 10.1. The third kappa shape index (κ3) is 3.85. The fraction of sp³-hybridized carbons (Fsp3) is 0.474. The molecular weight excluding hydrogens is 332 g/mol. The first-order chi connectivity index (χ1) is 12.3. The van der Waals surface area contributed by atoms with Crippen molar-refractivity contribution in [3.05, 3.63) is 45.8 Å². The van der Waals surface area contributed by atoms with E-state index < -0.39 is 0 Å². The molecule has 0 saturated carbocycles. The number of rotatable bonds is 5. The lowest BCUT2D eigenvalue weighted by molar-refractivity contribution is 0.0947. The Kier molecular flexibility index (Phi) is 4.99. The van der Waals surface area contributed by atoms with Crippen LogP contribution < -0.4 is 10.2 Å². The summed E-state index contributed by atoms with van der Waals surface area (Å²) in [7, 11) is 0. The Morgan fingerprint density at radius 2 is 2.08 bits per heavy atom. The number of nitrogens with zero attached hydrogens (tertiary/aromatic N) is 3. The Labute approximate surface area is 152 Å². The molecule has 4 rings (SSSR count). The predicted molar refractivity (Wildman–Crippen MR) is 101 cm³/mol. The summed E-state index contributed by atoms with van der Waals surface area (Å²) in [6.45, 7) is 5.78. The second-order valence-corrected chi connectivity index (χ2v) is 7.75. The smallest absolute Gasteiger partial charge is 0.252 e. The Balaban J connectivity index is 1.25. The molecule has 4 heterocycles. The molecule has 132 valence electrons. The van der Waals surface area contributed by atoms with Crippen LogP contribution in [0.25, 0.3) is 0 Å². The Bertz CT molecular complexity index is 721. The van der Waals surface area contributed by atoms with Gasteiger partial charge in [0.25, 0.3) is 5.91 Å². The fourth-order valence-corrected chi connectivity index (χ4v) is 4.47. The number of carbonyl (C=O) groups is 1. The zero-order chi connectivity index (χ0) is 17.1. The van der Waals surface area contributed by atoms with Crippen LogP contribution in [0.15, 0.2) is 29.8 Å². The number of amides is 1. The monoisotopic (exact) mass is 356 g/mol. The van der Waals surface area contributed by atoms with Crippen LogP contribution in [-0.4, -0.2) is 48.5 Å². The normalized spacial score (nSPS) is 17.5. The molecule has 2 aliphatic heterocycles. The van der Waals surface area contributed by atoms with Crippen molar-refractivity contribution in [2.24, 2.45) is 0 Å². The predicted octanol–water partition coefficient (Wildman–Crippen LogP) is 2.53. The van der Waals surface area contributed by atoms with Gasteiger partial charge in [-0.1, -0.05) is 0 Å². The van der Waals surface area contributed by atoms with Crippen LogP contribution in [0.5, 0.6) is 0 Å². The van der Waals surface area contributed by atoms with E-state index in [0.717, 1.165) is 45.0 Å². The van der Waals surface area contributed by atoms with E-state index in [1.165, 1.54) is 23.3 Å². The highest BCUT2D eigenvalue weighted by Crippen LogP contribution is 2.23. The van der Waals surface area contributed by atoms with Crippen molar-refractivity contribution in [1.82, 2.24) is 15.2 Å². The van der Waals surface area contributed by atoms with Crippen molar-refractivity contribution in [3.8, 4) is 0 Å². The highest BCUT2D eigenvalue weighted by atomic mass is 32.1. The molecule has 0 spiro atoms. The minimum Gasteiger partial charge on any atom is -0.357 e. The zero-order valence-corrected chi connectivity index (χ0v) is 15.2. The minimum atomic E-state index is -0.0336. The number of fused-ring (bicyclic) bond motifs is 1. The first-order valence-electron chi connectivity index (χ1n) is 9.06. The van der Waals surface area contributed by atoms with E-state index >= 15 is 0 Å². The first kappa shape index (κ1) is 16.5. The van der Waals surface area contributed by atoms with Gasteiger partial charge in [0.2, 0.25) is 0 Å². The SMILES string of the molecule is O=C(NCCN1CCc2sccc2C1)c1ccc(N2CCCC2)nc1. The lowest BCUT2D eigenvalue weighted by Crippen LogP contribution is -2.37. The van der Waals surface area contributed by atoms with Crippen LogP contribution in [0, 0.1) is 0 Å². The molecule has 2 aromatic heterocycles. The molecule has 1 amide bonds. The second kappa shape index (κ2) is 7.54. The highest BCUT2D eigenvalue weighted by Gasteiger charge is 2.17. The molecule has 5 nitrogen and oxygen atoms in total. The van der Waals surface area contributed by atoms with E-state index in [1.54, 1.807) is 6.20 Å². The van der Waals surface area contributed by atoms with Gasteiger partial charge in [0.05, 0.1) is 5.56 Å². The van der Waals surface area contributed by atoms with Gasteiger partial charge >= 0.3 is 0 Å². The molecule has 1 N–H and O–H groups in total. The summed E-state index contributed by atoms with van der Waals surface area (Å²) in [6, 6.07) is 6.07. The number of carbonyl (C=O) groups excluding carboxylic acids is 1. The molecular formula is C19H24N4OS. The second-order valence-electron chi connectivity index (χ2n) is 6.75. The van der Waals surface area contributed by atoms with Crippen molar-refractivity contribution >= 4 is 23.1 Å². The van der Waals surface area contributed by atoms with Crippen molar-refractivity contribution < 1.29 is 4.79 Å². The topological polar surface area (TPSA) is 48.5 Å². The number of nitrogens with one attached hydrogen (secondary N) is 1. The van der Waals surface area contributed by atoms with E-state index in [4.69, 9.17) is 0 Å². The summed E-state index contributed by atoms with van der Waals surface area (Å²) < 4.78 is 0. The molecule has 1 saturated heterocycles. The van der Waals surface area contributed by atoms with Crippen LogP contribution in [0.1, 0.15) is 33.6 Å². The number of thiophene rings is 1. The van der Waals surface area contributed by atoms with Gasteiger partial charge in [-0.2, -0.15) is 0 Å². The van der Waals surface area contributed by atoms with Gasteiger partial charge in [-0.25, -0.2) is 4.98 Å². The Morgan fingerprint density at radius 1 is 1.20 bits per heavy atom. The van der Waals surface area contributed by atoms with Gasteiger partial charge in [0.1, 0.15) is 5.82 Å². The molecule has 0 radical (unpaired) electrons. The molecule has 2 aliphatic rings. The van der Waals surface area contributed by atoms with Crippen LogP contribution in [-0.2, 0) is 13.0 Å². The van der Waals surface area contributed by atoms with Crippen LogP contribution in [0.4, 0.5) is 5.82 Å². The maximum Gasteiger partial charge on any atom is 0.252 e. The van der Waals surface area contributed by atoms with Crippen molar-refractivity contribution in [3.63, 3.8) is 0 Å². The maximum absolute atomic E-state index is 12.3. The third-order valence-corrected chi connectivity index (χ3v) is 6.06. The summed E-state index contributed by atoms with van der Waals surface area (Å²) in [5.74, 6) is 0.947. The van der Waals surface area contributed by atoms with E-state index in [-0.39, 0.29) is 5.91 Å². The molecule has 1 fully saturated rings. The molecule has 2 aromatic rings.